The molecule has 0 bridgehead atoms. The number of hydrogen-bond acceptors (Lipinski definition) is 3. The first-order chi connectivity index (χ1) is 11.0. The zero-order valence-electron chi connectivity index (χ0n) is 13.4. The molecule has 126 valence electrons. The van der Waals surface area contributed by atoms with E-state index >= 15 is 0 Å². The number of anilines is 1. The monoisotopic (exact) mass is 320 g/mol. The van der Waals surface area contributed by atoms with Gasteiger partial charge in [-0.2, -0.15) is 5.10 Å². The molecule has 1 aromatic heterocycles. The molecule has 3 rings (SSSR count). The van der Waals surface area contributed by atoms with Gasteiger partial charge in [-0.3, -0.25) is 9.48 Å². The Kier molecular flexibility index (Phi) is 4.54. The first-order valence-corrected chi connectivity index (χ1v) is 8.37. The van der Waals surface area contributed by atoms with Crippen molar-refractivity contribution in [3.63, 3.8) is 0 Å². The highest BCUT2D eigenvalue weighted by Gasteiger charge is 2.30. The van der Waals surface area contributed by atoms with Crippen molar-refractivity contribution in [2.24, 2.45) is 11.8 Å². The zero-order valence-corrected chi connectivity index (χ0v) is 13.4. The Labute approximate surface area is 135 Å². The van der Waals surface area contributed by atoms with Crippen LogP contribution in [0.2, 0.25) is 0 Å². The van der Waals surface area contributed by atoms with Gasteiger partial charge in [0.1, 0.15) is 0 Å². The number of carbonyl (C=O) groups excluding carboxylic acids is 1. The second kappa shape index (κ2) is 6.60. The summed E-state index contributed by atoms with van der Waals surface area (Å²) in [5.74, 6) is -0.288. The summed E-state index contributed by atoms with van der Waals surface area (Å²) in [6.45, 7) is 2.15. The largest absolute Gasteiger partial charge is 0.481 e. The molecule has 23 heavy (non-hydrogen) atoms. The maximum absolute atomic E-state index is 12.0. The van der Waals surface area contributed by atoms with Gasteiger partial charge in [0.05, 0.1) is 23.8 Å². The fourth-order valence-electron chi connectivity index (χ4n) is 3.26. The van der Waals surface area contributed by atoms with Crippen molar-refractivity contribution in [3.05, 3.63) is 12.4 Å². The molecule has 1 heterocycles. The third-order valence-corrected chi connectivity index (χ3v) is 4.99. The van der Waals surface area contributed by atoms with E-state index in [1.54, 1.807) is 6.20 Å². The number of rotatable bonds is 5. The average Bonchev–Trinajstić information content (AvgIpc) is 3.27. The van der Waals surface area contributed by atoms with Crippen molar-refractivity contribution < 1.29 is 14.7 Å². The van der Waals surface area contributed by atoms with Crippen LogP contribution in [0.4, 0.5) is 10.5 Å². The van der Waals surface area contributed by atoms with E-state index in [0.717, 1.165) is 0 Å². The topological polar surface area (TPSA) is 96.2 Å². The molecule has 2 saturated carbocycles. The number of hydrogen-bond donors (Lipinski definition) is 3. The normalized spacial score (nSPS) is 25.6. The van der Waals surface area contributed by atoms with Gasteiger partial charge in [-0.25, -0.2) is 4.79 Å². The number of nitrogens with one attached hydrogen (secondary N) is 2. The molecule has 7 nitrogen and oxygen atoms in total. The maximum atomic E-state index is 12.0. The smallest absolute Gasteiger partial charge is 0.319 e. The highest BCUT2D eigenvalue weighted by molar-refractivity contribution is 5.89. The summed E-state index contributed by atoms with van der Waals surface area (Å²) >= 11 is 0. The lowest BCUT2D eigenvalue weighted by molar-refractivity contribution is -0.142. The van der Waals surface area contributed by atoms with Gasteiger partial charge in [0.25, 0.3) is 0 Å². The molecule has 3 N–H and O–H groups in total. The van der Waals surface area contributed by atoms with Crippen LogP contribution in [0.15, 0.2) is 12.4 Å². The van der Waals surface area contributed by atoms with Crippen molar-refractivity contribution in [1.82, 2.24) is 15.1 Å². The van der Waals surface area contributed by atoms with Crippen LogP contribution in [0, 0.1) is 11.8 Å². The molecule has 0 aromatic carbocycles. The highest BCUT2D eigenvalue weighted by atomic mass is 16.4. The first-order valence-electron chi connectivity index (χ1n) is 8.37. The van der Waals surface area contributed by atoms with Crippen LogP contribution in [0.5, 0.6) is 0 Å². The van der Waals surface area contributed by atoms with Crippen LogP contribution in [-0.4, -0.2) is 32.9 Å². The molecule has 0 saturated heterocycles. The summed E-state index contributed by atoms with van der Waals surface area (Å²) in [6.07, 6.45) is 8.70. The van der Waals surface area contributed by atoms with Crippen LogP contribution >= 0.6 is 0 Å². The third-order valence-electron chi connectivity index (χ3n) is 4.99. The minimum absolute atomic E-state index is 0.0473. The van der Waals surface area contributed by atoms with E-state index in [2.05, 4.69) is 22.7 Å². The van der Waals surface area contributed by atoms with Crippen LogP contribution in [-0.2, 0) is 4.79 Å². The molecule has 2 amide bonds. The second-order valence-corrected chi connectivity index (χ2v) is 6.77. The summed E-state index contributed by atoms with van der Waals surface area (Å²) in [5.41, 5.74) is 0.689. The molecule has 2 fully saturated rings. The molecule has 1 unspecified atom stereocenters. The van der Waals surface area contributed by atoms with E-state index in [-0.39, 0.29) is 18.0 Å². The average molecular weight is 320 g/mol. The Morgan fingerprint density at radius 2 is 1.96 bits per heavy atom. The van der Waals surface area contributed by atoms with E-state index in [9.17, 15) is 9.59 Å². The van der Waals surface area contributed by atoms with Gasteiger partial charge in [-0.1, -0.05) is 0 Å². The Balaban J connectivity index is 1.45. The number of aliphatic carboxylic acids is 1. The standard InChI is InChI=1S/C16H24N4O3/c1-10(11-2-3-11)20-9-14(8-17-20)19-16(23)18-13-6-4-12(5-7-13)15(21)22/h8-13H,2-7H2,1H3,(H,21,22)(H2,18,19,23). The third kappa shape index (κ3) is 4.03. The minimum atomic E-state index is -0.731. The van der Waals surface area contributed by atoms with E-state index in [1.165, 1.54) is 12.8 Å². The molecule has 1 aromatic rings. The number of carbonyl (C=O) groups is 2. The highest BCUT2D eigenvalue weighted by Crippen LogP contribution is 2.39. The van der Waals surface area contributed by atoms with Crippen molar-refractivity contribution in [2.75, 3.05) is 5.32 Å². The van der Waals surface area contributed by atoms with Gasteiger partial charge < -0.3 is 15.7 Å². The number of amides is 2. The zero-order chi connectivity index (χ0) is 16.4. The van der Waals surface area contributed by atoms with Crippen molar-refractivity contribution >= 4 is 17.7 Å². The van der Waals surface area contributed by atoms with Crippen LogP contribution in [0.25, 0.3) is 0 Å². The molecule has 2 aliphatic rings. The van der Waals surface area contributed by atoms with Crippen LogP contribution < -0.4 is 10.6 Å². The summed E-state index contributed by atoms with van der Waals surface area (Å²) in [5, 5.41) is 19.0. The minimum Gasteiger partial charge on any atom is -0.481 e. The fraction of sp³-hybridized carbons (Fsp3) is 0.688. The molecular formula is C16H24N4O3. The molecule has 0 spiro atoms. The number of urea groups is 1. The Morgan fingerprint density at radius 3 is 2.57 bits per heavy atom. The van der Waals surface area contributed by atoms with Gasteiger partial charge in [0, 0.05) is 12.2 Å². The predicted octanol–water partition coefficient (Wildman–Crippen LogP) is 2.62. The van der Waals surface area contributed by atoms with Gasteiger partial charge in [0.2, 0.25) is 0 Å². The summed E-state index contributed by atoms with van der Waals surface area (Å²) in [7, 11) is 0. The van der Waals surface area contributed by atoms with Gasteiger partial charge in [-0.05, 0) is 51.4 Å². The SMILES string of the molecule is CC(C1CC1)n1cc(NC(=O)NC2CCC(C(=O)O)CC2)cn1. The molecule has 0 radical (unpaired) electrons. The quantitative estimate of drug-likeness (QED) is 0.777. The van der Waals surface area contributed by atoms with Gasteiger partial charge in [-0.15, -0.1) is 0 Å². The molecule has 2 aliphatic carbocycles. The van der Waals surface area contributed by atoms with Crippen molar-refractivity contribution in [3.8, 4) is 0 Å². The van der Waals surface area contributed by atoms with Crippen LogP contribution in [0.1, 0.15) is 51.5 Å². The molecule has 1 atom stereocenters. The van der Waals surface area contributed by atoms with E-state index in [4.69, 9.17) is 5.11 Å². The predicted molar refractivity (Wildman–Crippen MR) is 85.2 cm³/mol. The summed E-state index contributed by atoms with van der Waals surface area (Å²) in [4.78, 5) is 23.0. The Morgan fingerprint density at radius 1 is 1.26 bits per heavy atom. The summed E-state index contributed by atoms with van der Waals surface area (Å²) in [6, 6.07) is 0.174. The number of nitrogens with zero attached hydrogens (tertiary/aromatic N) is 2. The summed E-state index contributed by atoms with van der Waals surface area (Å²) < 4.78 is 1.91. The first kappa shape index (κ1) is 15.8. The van der Waals surface area contributed by atoms with E-state index in [1.807, 2.05) is 10.9 Å². The van der Waals surface area contributed by atoms with E-state index in [0.29, 0.717) is 43.3 Å². The maximum Gasteiger partial charge on any atom is 0.319 e. The Bertz CT molecular complexity index is 574. The lowest BCUT2D eigenvalue weighted by Gasteiger charge is -2.26. The number of aromatic nitrogens is 2. The van der Waals surface area contributed by atoms with E-state index < -0.39 is 5.97 Å². The van der Waals surface area contributed by atoms with Crippen molar-refractivity contribution in [2.45, 2.75) is 57.5 Å². The molecule has 0 aliphatic heterocycles. The second-order valence-electron chi connectivity index (χ2n) is 6.77. The van der Waals surface area contributed by atoms with Gasteiger partial charge in [0.15, 0.2) is 0 Å². The van der Waals surface area contributed by atoms with Gasteiger partial charge >= 0.3 is 12.0 Å². The number of carboxylic acids is 1. The van der Waals surface area contributed by atoms with Crippen molar-refractivity contribution in [1.29, 1.82) is 0 Å². The number of carboxylic acid groups (broad SMARTS) is 1. The fourth-order valence-corrected chi connectivity index (χ4v) is 3.26. The molecular weight excluding hydrogens is 296 g/mol. The lowest BCUT2D eigenvalue weighted by atomic mass is 9.86. The Hall–Kier alpha value is -2.05. The molecule has 7 heteroatoms. The van der Waals surface area contributed by atoms with Crippen LogP contribution in [0.3, 0.4) is 0 Å². The lowest BCUT2D eigenvalue weighted by Crippen LogP contribution is -2.40.